The molecule has 0 aliphatic heterocycles. The predicted molar refractivity (Wildman–Crippen MR) is 67.6 cm³/mol. The molecule has 3 heteroatoms. The van der Waals surface area contributed by atoms with Gasteiger partial charge in [-0.2, -0.15) is 0 Å². The van der Waals surface area contributed by atoms with E-state index < -0.39 is 0 Å². The van der Waals surface area contributed by atoms with Gasteiger partial charge >= 0.3 is 0 Å². The molecule has 0 aliphatic rings. The standard InChI is InChI=1S/C14H16N2O/c1-11(13-3-2-4-14(17)9-13)16-10-12-5-7-15-8-6-12/h2-9,11,16-17H,10H2,1H3. The Bertz CT molecular complexity index is 471. The molecule has 0 bridgehead atoms. The first-order valence-electron chi connectivity index (χ1n) is 5.67. The largest absolute Gasteiger partial charge is 0.508 e. The smallest absolute Gasteiger partial charge is 0.115 e. The Kier molecular flexibility index (Phi) is 3.73. The number of phenols is 1. The summed E-state index contributed by atoms with van der Waals surface area (Å²) in [5, 5.41) is 12.8. The summed E-state index contributed by atoms with van der Waals surface area (Å²) >= 11 is 0. The number of rotatable bonds is 4. The topological polar surface area (TPSA) is 45.2 Å². The normalized spacial score (nSPS) is 12.3. The number of benzene rings is 1. The molecule has 2 aromatic rings. The van der Waals surface area contributed by atoms with Crippen molar-refractivity contribution in [2.24, 2.45) is 0 Å². The van der Waals surface area contributed by atoms with Crippen LogP contribution in [0.2, 0.25) is 0 Å². The maximum absolute atomic E-state index is 9.41. The molecule has 1 atom stereocenters. The van der Waals surface area contributed by atoms with Crippen molar-refractivity contribution in [2.45, 2.75) is 19.5 Å². The Morgan fingerprint density at radius 1 is 1.24 bits per heavy atom. The summed E-state index contributed by atoms with van der Waals surface area (Å²) in [6.07, 6.45) is 3.58. The minimum absolute atomic E-state index is 0.204. The van der Waals surface area contributed by atoms with Crippen molar-refractivity contribution in [1.29, 1.82) is 0 Å². The van der Waals surface area contributed by atoms with Gasteiger partial charge in [0, 0.05) is 25.0 Å². The van der Waals surface area contributed by atoms with Crippen LogP contribution in [0.5, 0.6) is 5.75 Å². The Labute approximate surface area is 101 Å². The fourth-order valence-corrected chi connectivity index (χ4v) is 1.68. The Hall–Kier alpha value is -1.87. The molecule has 1 aromatic carbocycles. The zero-order chi connectivity index (χ0) is 12.1. The average molecular weight is 228 g/mol. The Morgan fingerprint density at radius 2 is 2.00 bits per heavy atom. The summed E-state index contributed by atoms with van der Waals surface area (Å²) in [6, 6.07) is 11.5. The van der Waals surface area contributed by atoms with Crippen LogP contribution in [-0.4, -0.2) is 10.1 Å². The predicted octanol–water partition coefficient (Wildman–Crippen LogP) is 2.64. The molecule has 1 heterocycles. The van der Waals surface area contributed by atoms with Gasteiger partial charge in [0.1, 0.15) is 5.75 Å². The van der Waals surface area contributed by atoms with Gasteiger partial charge in [0.25, 0.3) is 0 Å². The minimum atomic E-state index is 0.204. The van der Waals surface area contributed by atoms with E-state index in [0.29, 0.717) is 5.75 Å². The second-order valence-corrected chi connectivity index (χ2v) is 4.05. The van der Waals surface area contributed by atoms with Crippen molar-refractivity contribution in [2.75, 3.05) is 0 Å². The Morgan fingerprint density at radius 3 is 2.71 bits per heavy atom. The summed E-state index contributed by atoms with van der Waals surface area (Å²) in [7, 11) is 0. The first kappa shape index (κ1) is 11.6. The zero-order valence-corrected chi connectivity index (χ0v) is 9.80. The molecule has 17 heavy (non-hydrogen) atoms. The fourth-order valence-electron chi connectivity index (χ4n) is 1.68. The van der Waals surface area contributed by atoms with Gasteiger partial charge in [0.05, 0.1) is 0 Å². The van der Waals surface area contributed by atoms with Crippen LogP contribution in [0.15, 0.2) is 48.8 Å². The van der Waals surface area contributed by atoms with E-state index in [-0.39, 0.29) is 6.04 Å². The van der Waals surface area contributed by atoms with Gasteiger partial charge in [0.2, 0.25) is 0 Å². The molecule has 3 nitrogen and oxygen atoms in total. The van der Waals surface area contributed by atoms with Gasteiger partial charge in [-0.25, -0.2) is 0 Å². The van der Waals surface area contributed by atoms with E-state index in [1.807, 2.05) is 24.3 Å². The number of nitrogens with one attached hydrogen (secondary N) is 1. The van der Waals surface area contributed by atoms with E-state index in [1.54, 1.807) is 24.5 Å². The lowest BCUT2D eigenvalue weighted by Crippen LogP contribution is -2.17. The summed E-state index contributed by atoms with van der Waals surface area (Å²) in [4.78, 5) is 3.98. The monoisotopic (exact) mass is 228 g/mol. The molecule has 88 valence electrons. The number of aromatic nitrogens is 1. The third kappa shape index (κ3) is 3.29. The number of pyridine rings is 1. The second-order valence-electron chi connectivity index (χ2n) is 4.05. The van der Waals surface area contributed by atoms with Crippen LogP contribution in [0.1, 0.15) is 24.1 Å². The molecular formula is C14H16N2O. The maximum atomic E-state index is 9.41. The van der Waals surface area contributed by atoms with Crippen LogP contribution in [0.3, 0.4) is 0 Å². The van der Waals surface area contributed by atoms with Crippen molar-refractivity contribution in [3.05, 3.63) is 59.9 Å². The second kappa shape index (κ2) is 5.46. The number of hydrogen-bond acceptors (Lipinski definition) is 3. The molecule has 2 rings (SSSR count). The number of hydrogen-bond donors (Lipinski definition) is 2. The van der Waals surface area contributed by atoms with Gasteiger partial charge in [-0.05, 0) is 42.3 Å². The average Bonchev–Trinajstić information content (AvgIpc) is 2.37. The van der Waals surface area contributed by atoms with E-state index in [9.17, 15) is 5.11 Å². The minimum Gasteiger partial charge on any atom is -0.508 e. The van der Waals surface area contributed by atoms with Crippen molar-refractivity contribution >= 4 is 0 Å². The van der Waals surface area contributed by atoms with Crippen molar-refractivity contribution in [1.82, 2.24) is 10.3 Å². The summed E-state index contributed by atoms with van der Waals surface area (Å²) in [5.74, 6) is 0.306. The van der Waals surface area contributed by atoms with Crippen LogP contribution in [0.25, 0.3) is 0 Å². The van der Waals surface area contributed by atoms with Gasteiger partial charge in [-0.15, -0.1) is 0 Å². The fraction of sp³-hybridized carbons (Fsp3) is 0.214. The molecule has 0 spiro atoms. The van der Waals surface area contributed by atoms with Crippen molar-refractivity contribution in [3.8, 4) is 5.75 Å². The maximum Gasteiger partial charge on any atom is 0.115 e. The van der Waals surface area contributed by atoms with Crippen LogP contribution in [-0.2, 0) is 6.54 Å². The number of phenolic OH excluding ortho intramolecular Hbond substituents is 1. The van der Waals surface area contributed by atoms with Crippen LogP contribution < -0.4 is 5.32 Å². The molecule has 2 N–H and O–H groups in total. The van der Waals surface area contributed by atoms with Gasteiger partial charge in [-0.1, -0.05) is 12.1 Å². The lowest BCUT2D eigenvalue weighted by atomic mass is 10.1. The third-order valence-electron chi connectivity index (χ3n) is 2.73. The highest BCUT2D eigenvalue weighted by atomic mass is 16.3. The third-order valence-corrected chi connectivity index (χ3v) is 2.73. The molecule has 0 aliphatic carbocycles. The van der Waals surface area contributed by atoms with E-state index in [4.69, 9.17) is 0 Å². The van der Waals surface area contributed by atoms with Gasteiger partial charge in [-0.3, -0.25) is 4.98 Å². The highest BCUT2D eigenvalue weighted by molar-refractivity contribution is 5.29. The molecule has 0 amide bonds. The highest BCUT2D eigenvalue weighted by Gasteiger charge is 2.05. The Balaban J connectivity index is 1.96. The van der Waals surface area contributed by atoms with Gasteiger partial charge in [0.15, 0.2) is 0 Å². The molecule has 1 aromatic heterocycles. The number of aromatic hydroxyl groups is 1. The first-order chi connectivity index (χ1) is 8.25. The van der Waals surface area contributed by atoms with Crippen LogP contribution in [0.4, 0.5) is 0 Å². The molecular weight excluding hydrogens is 212 g/mol. The van der Waals surface area contributed by atoms with E-state index in [1.165, 1.54) is 5.56 Å². The van der Waals surface area contributed by atoms with E-state index in [0.717, 1.165) is 12.1 Å². The quantitative estimate of drug-likeness (QED) is 0.845. The van der Waals surface area contributed by atoms with Crippen LogP contribution in [0, 0.1) is 0 Å². The van der Waals surface area contributed by atoms with E-state index in [2.05, 4.69) is 17.2 Å². The molecule has 1 unspecified atom stereocenters. The lowest BCUT2D eigenvalue weighted by molar-refractivity contribution is 0.472. The molecule has 0 saturated heterocycles. The zero-order valence-electron chi connectivity index (χ0n) is 9.80. The molecule has 0 saturated carbocycles. The first-order valence-corrected chi connectivity index (χ1v) is 5.67. The molecule has 0 radical (unpaired) electrons. The van der Waals surface area contributed by atoms with Crippen LogP contribution >= 0.6 is 0 Å². The number of nitrogens with zero attached hydrogens (tertiary/aromatic N) is 1. The SMILES string of the molecule is CC(NCc1ccncc1)c1cccc(O)c1. The van der Waals surface area contributed by atoms with Gasteiger partial charge < -0.3 is 10.4 Å². The van der Waals surface area contributed by atoms with E-state index >= 15 is 0 Å². The summed E-state index contributed by atoms with van der Waals surface area (Å²) in [5.41, 5.74) is 2.28. The highest BCUT2D eigenvalue weighted by Crippen LogP contribution is 2.18. The summed E-state index contributed by atoms with van der Waals surface area (Å²) in [6.45, 7) is 2.87. The lowest BCUT2D eigenvalue weighted by Gasteiger charge is -2.14. The van der Waals surface area contributed by atoms with Crippen molar-refractivity contribution in [3.63, 3.8) is 0 Å². The summed E-state index contributed by atoms with van der Waals surface area (Å²) < 4.78 is 0. The molecule has 0 fully saturated rings. The van der Waals surface area contributed by atoms with Crippen molar-refractivity contribution < 1.29 is 5.11 Å².